The van der Waals surface area contributed by atoms with Crippen molar-refractivity contribution in [2.75, 3.05) is 6.61 Å². The van der Waals surface area contributed by atoms with Crippen LogP contribution in [0.4, 0.5) is 0 Å². The standard InChI is InChI=1S/C17H20N2O/c1-11-4-5-14(13(3)12(11)2)15-6-9-18-16(19-15)17(10-20)7-8-17/h4-6,9,20H,7-8,10H2,1-3H3. The van der Waals surface area contributed by atoms with Gasteiger partial charge in [-0.3, -0.25) is 0 Å². The molecule has 1 aromatic carbocycles. The Morgan fingerprint density at radius 2 is 1.85 bits per heavy atom. The lowest BCUT2D eigenvalue weighted by molar-refractivity contribution is 0.250. The maximum Gasteiger partial charge on any atom is 0.137 e. The van der Waals surface area contributed by atoms with Gasteiger partial charge in [-0.2, -0.15) is 0 Å². The van der Waals surface area contributed by atoms with Crippen LogP contribution in [0.15, 0.2) is 24.4 Å². The average Bonchev–Trinajstić information content (AvgIpc) is 3.26. The van der Waals surface area contributed by atoms with Gasteiger partial charge in [0.1, 0.15) is 5.82 Å². The van der Waals surface area contributed by atoms with Crippen LogP contribution in [-0.2, 0) is 5.41 Å². The molecule has 0 unspecified atom stereocenters. The lowest BCUT2D eigenvalue weighted by Crippen LogP contribution is -2.16. The van der Waals surface area contributed by atoms with Gasteiger partial charge in [-0.25, -0.2) is 9.97 Å². The zero-order valence-corrected chi connectivity index (χ0v) is 12.3. The van der Waals surface area contributed by atoms with Crippen molar-refractivity contribution in [2.24, 2.45) is 0 Å². The van der Waals surface area contributed by atoms with Crippen molar-refractivity contribution in [3.8, 4) is 11.3 Å². The van der Waals surface area contributed by atoms with Crippen LogP contribution in [0, 0.1) is 20.8 Å². The van der Waals surface area contributed by atoms with Gasteiger partial charge in [-0.15, -0.1) is 0 Å². The third kappa shape index (κ3) is 2.02. The molecule has 0 aliphatic heterocycles. The van der Waals surface area contributed by atoms with E-state index in [4.69, 9.17) is 4.98 Å². The molecule has 3 rings (SSSR count). The number of aliphatic hydroxyl groups is 1. The molecule has 0 amide bonds. The molecule has 20 heavy (non-hydrogen) atoms. The van der Waals surface area contributed by atoms with Gasteiger partial charge in [-0.1, -0.05) is 12.1 Å². The quantitative estimate of drug-likeness (QED) is 0.930. The van der Waals surface area contributed by atoms with Crippen molar-refractivity contribution in [1.82, 2.24) is 9.97 Å². The van der Waals surface area contributed by atoms with Gasteiger partial charge in [0, 0.05) is 11.8 Å². The molecule has 3 heteroatoms. The fraction of sp³-hybridized carbons (Fsp3) is 0.412. The molecule has 1 aliphatic rings. The number of benzene rings is 1. The number of aromatic nitrogens is 2. The van der Waals surface area contributed by atoms with Gasteiger partial charge in [-0.05, 0) is 56.4 Å². The molecule has 1 saturated carbocycles. The smallest absolute Gasteiger partial charge is 0.137 e. The minimum absolute atomic E-state index is 0.141. The minimum atomic E-state index is -0.177. The molecule has 3 nitrogen and oxygen atoms in total. The molecule has 1 fully saturated rings. The Kier molecular flexibility index (Phi) is 3.09. The van der Waals surface area contributed by atoms with Crippen LogP contribution < -0.4 is 0 Å². The lowest BCUT2D eigenvalue weighted by Gasteiger charge is -2.14. The molecule has 1 N–H and O–H groups in total. The second kappa shape index (κ2) is 4.67. The maximum absolute atomic E-state index is 9.53. The van der Waals surface area contributed by atoms with E-state index in [2.05, 4.69) is 37.9 Å². The first-order chi connectivity index (χ1) is 9.57. The minimum Gasteiger partial charge on any atom is -0.395 e. The number of nitrogens with zero attached hydrogens (tertiary/aromatic N) is 2. The van der Waals surface area contributed by atoms with E-state index in [1.807, 2.05) is 12.3 Å². The van der Waals surface area contributed by atoms with Gasteiger partial charge in [0.25, 0.3) is 0 Å². The Labute approximate surface area is 119 Å². The predicted molar refractivity (Wildman–Crippen MR) is 79.7 cm³/mol. The first-order valence-electron chi connectivity index (χ1n) is 7.09. The second-order valence-corrected chi connectivity index (χ2v) is 5.88. The largest absolute Gasteiger partial charge is 0.395 e. The molecular weight excluding hydrogens is 248 g/mol. The SMILES string of the molecule is Cc1ccc(-c2ccnc(C3(CO)CC3)n2)c(C)c1C. The Morgan fingerprint density at radius 3 is 2.50 bits per heavy atom. The molecular formula is C17H20N2O. The normalized spacial score (nSPS) is 16.2. The second-order valence-electron chi connectivity index (χ2n) is 5.88. The van der Waals surface area contributed by atoms with E-state index in [0.29, 0.717) is 0 Å². The molecule has 1 aliphatic carbocycles. The van der Waals surface area contributed by atoms with Crippen molar-refractivity contribution in [3.63, 3.8) is 0 Å². The van der Waals surface area contributed by atoms with E-state index in [9.17, 15) is 5.11 Å². The summed E-state index contributed by atoms with van der Waals surface area (Å²) >= 11 is 0. The number of aryl methyl sites for hydroxylation is 1. The van der Waals surface area contributed by atoms with E-state index in [0.717, 1.165) is 29.9 Å². The monoisotopic (exact) mass is 268 g/mol. The topological polar surface area (TPSA) is 46.0 Å². The summed E-state index contributed by atoms with van der Waals surface area (Å²) in [5, 5.41) is 9.53. The molecule has 0 atom stereocenters. The summed E-state index contributed by atoms with van der Waals surface area (Å²) in [5.74, 6) is 0.787. The Bertz CT molecular complexity index is 660. The Hall–Kier alpha value is -1.74. The summed E-state index contributed by atoms with van der Waals surface area (Å²) in [6, 6.07) is 6.22. The van der Waals surface area contributed by atoms with Gasteiger partial charge in [0.15, 0.2) is 0 Å². The number of hydrogen-bond acceptors (Lipinski definition) is 3. The van der Waals surface area contributed by atoms with Crippen molar-refractivity contribution >= 4 is 0 Å². The van der Waals surface area contributed by atoms with Crippen LogP contribution in [0.5, 0.6) is 0 Å². The maximum atomic E-state index is 9.53. The van der Waals surface area contributed by atoms with Gasteiger partial charge >= 0.3 is 0 Å². The van der Waals surface area contributed by atoms with E-state index in [1.54, 1.807) is 0 Å². The highest BCUT2D eigenvalue weighted by molar-refractivity contribution is 5.65. The first kappa shape index (κ1) is 13.3. The summed E-state index contributed by atoms with van der Waals surface area (Å²) in [6.45, 7) is 6.55. The number of rotatable bonds is 3. The van der Waals surface area contributed by atoms with Crippen molar-refractivity contribution in [1.29, 1.82) is 0 Å². The van der Waals surface area contributed by atoms with Crippen LogP contribution in [0.1, 0.15) is 35.4 Å². The lowest BCUT2D eigenvalue weighted by atomic mass is 9.96. The molecule has 0 spiro atoms. The fourth-order valence-corrected chi connectivity index (χ4v) is 2.60. The first-order valence-corrected chi connectivity index (χ1v) is 7.09. The van der Waals surface area contributed by atoms with Crippen molar-refractivity contribution < 1.29 is 5.11 Å². The molecule has 104 valence electrons. The van der Waals surface area contributed by atoms with Crippen molar-refractivity contribution in [2.45, 2.75) is 39.0 Å². The van der Waals surface area contributed by atoms with Crippen LogP contribution in [0.3, 0.4) is 0 Å². The van der Waals surface area contributed by atoms with E-state index in [1.165, 1.54) is 16.7 Å². The fourth-order valence-electron chi connectivity index (χ4n) is 2.60. The Morgan fingerprint density at radius 1 is 1.10 bits per heavy atom. The molecule has 0 saturated heterocycles. The zero-order valence-electron chi connectivity index (χ0n) is 12.3. The van der Waals surface area contributed by atoms with Gasteiger partial charge in [0.2, 0.25) is 0 Å². The highest BCUT2D eigenvalue weighted by atomic mass is 16.3. The molecule has 1 heterocycles. The van der Waals surface area contributed by atoms with E-state index >= 15 is 0 Å². The van der Waals surface area contributed by atoms with E-state index < -0.39 is 0 Å². The van der Waals surface area contributed by atoms with Gasteiger partial charge < -0.3 is 5.11 Å². The zero-order chi connectivity index (χ0) is 14.3. The number of hydrogen-bond donors (Lipinski definition) is 1. The predicted octanol–water partition coefficient (Wildman–Crippen LogP) is 3.09. The number of aliphatic hydroxyl groups excluding tert-OH is 1. The van der Waals surface area contributed by atoms with Crippen molar-refractivity contribution in [3.05, 3.63) is 46.9 Å². The third-order valence-electron chi connectivity index (χ3n) is 4.62. The Balaban J connectivity index is 2.08. The molecule has 0 radical (unpaired) electrons. The summed E-state index contributed by atoms with van der Waals surface area (Å²) in [7, 11) is 0. The van der Waals surface area contributed by atoms with Crippen LogP contribution in [-0.4, -0.2) is 21.7 Å². The third-order valence-corrected chi connectivity index (χ3v) is 4.62. The summed E-state index contributed by atoms with van der Waals surface area (Å²) < 4.78 is 0. The molecule has 0 bridgehead atoms. The van der Waals surface area contributed by atoms with Crippen LogP contribution in [0.25, 0.3) is 11.3 Å². The summed E-state index contributed by atoms with van der Waals surface area (Å²) in [6.07, 6.45) is 3.78. The summed E-state index contributed by atoms with van der Waals surface area (Å²) in [5.41, 5.74) is 5.81. The van der Waals surface area contributed by atoms with E-state index in [-0.39, 0.29) is 12.0 Å². The average molecular weight is 268 g/mol. The van der Waals surface area contributed by atoms with Crippen LogP contribution in [0.2, 0.25) is 0 Å². The highest BCUT2D eigenvalue weighted by Crippen LogP contribution is 2.46. The molecule has 2 aromatic rings. The highest BCUT2D eigenvalue weighted by Gasteiger charge is 2.46. The van der Waals surface area contributed by atoms with Gasteiger partial charge in [0.05, 0.1) is 17.7 Å². The van der Waals surface area contributed by atoms with Crippen LogP contribution >= 0.6 is 0 Å². The molecule has 1 aromatic heterocycles. The summed E-state index contributed by atoms with van der Waals surface area (Å²) in [4.78, 5) is 9.08.